The van der Waals surface area contributed by atoms with E-state index in [-0.39, 0.29) is 11.4 Å². The van der Waals surface area contributed by atoms with E-state index in [1.54, 1.807) is 37.2 Å². The molecule has 2 aromatic rings. The Bertz CT molecular complexity index is 792. The third-order valence-corrected chi connectivity index (χ3v) is 4.48. The van der Waals surface area contributed by atoms with Gasteiger partial charge in [0.25, 0.3) is 0 Å². The lowest BCUT2D eigenvalue weighted by Gasteiger charge is -2.19. The zero-order valence-electron chi connectivity index (χ0n) is 14.5. The molecule has 0 spiro atoms. The molecule has 0 unspecified atom stereocenters. The van der Waals surface area contributed by atoms with Crippen LogP contribution >= 0.6 is 0 Å². The van der Waals surface area contributed by atoms with Crippen LogP contribution in [-0.4, -0.2) is 48.1 Å². The number of aromatic carboxylic acids is 1. The molecule has 5 nitrogen and oxygen atoms in total. The normalized spacial score (nSPS) is 14.7. The van der Waals surface area contributed by atoms with Gasteiger partial charge < -0.3 is 10.0 Å². The highest BCUT2D eigenvalue weighted by molar-refractivity contribution is 5.93. The molecule has 0 saturated carbocycles. The van der Waals surface area contributed by atoms with Crippen LogP contribution in [0, 0.1) is 5.82 Å². The largest absolute Gasteiger partial charge is 0.478 e. The number of rotatable bonds is 4. The summed E-state index contributed by atoms with van der Waals surface area (Å²) in [7, 11) is 3.60. The molecule has 0 fully saturated rings. The molecule has 1 aliphatic heterocycles. The second-order valence-corrected chi connectivity index (χ2v) is 6.57. The predicted molar refractivity (Wildman–Crippen MR) is 94.6 cm³/mol. The summed E-state index contributed by atoms with van der Waals surface area (Å²) in [5, 5.41) is 9.45. The van der Waals surface area contributed by atoms with Crippen LogP contribution in [0.1, 0.15) is 27.2 Å². The van der Waals surface area contributed by atoms with Crippen molar-refractivity contribution in [2.24, 2.45) is 0 Å². The minimum absolute atomic E-state index is 0.223. The topological polar surface area (TPSA) is 56.7 Å². The quantitative estimate of drug-likeness (QED) is 0.925. The highest BCUT2D eigenvalue weighted by atomic mass is 19.1. The molecule has 0 radical (unpaired) electrons. The van der Waals surface area contributed by atoms with Gasteiger partial charge in [-0.25, -0.2) is 14.2 Å². The van der Waals surface area contributed by atoms with Crippen LogP contribution in [0.15, 0.2) is 30.3 Å². The van der Waals surface area contributed by atoms with Gasteiger partial charge in [-0.1, -0.05) is 12.1 Å². The standard InChI is InChI=1S/C19H22FN3O2/c1-22(2)18-16(19(24)25)11-14-6-8-23(9-7-17(14)21-18)12-13-4-3-5-15(20)10-13/h3-5,10-11H,6-9,12H2,1-2H3,(H,24,25). The minimum Gasteiger partial charge on any atom is -0.478 e. The number of carboxylic acid groups (broad SMARTS) is 1. The van der Waals surface area contributed by atoms with Crippen molar-refractivity contribution in [2.75, 3.05) is 32.1 Å². The minimum atomic E-state index is -0.958. The molecule has 0 atom stereocenters. The van der Waals surface area contributed by atoms with E-state index in [1.165, 1.54) is 6.07 Å². The predicted octanol–water partition coefficient (Wildman–Crippen LogP) is 2.59. The SMILES string of the molecule is CN(C)c1nc2c(cc1C(=O)O)CCN(Cc1cccc(F)c1)CC2. The first-order chi connectivity index (χ1) is 11.9. The molecule has 1 aromatic heterocycles. The zero-order valence-corrected chi connectivity index (χ0v) is 14.5. The van der Waals surface area contributed by atoms with Gasteiger partial charge in [0, 0.05) is 45.8 Å². The van der Waals surface area contributed by atoms with Gasteiger partial charge in [0.05, 0.1) is 0 Å². The number of carboxylic acids is 1. The summed E-state index contributed by atoms with van der Waals surface area (Å²) in [6, 6.07) is 8.41. The first kappa shape index (κ1) is 17.4. The fourth-order valence-electron chi connectivity index (χ4n) is 3.22. The Kier molecular flexibility index (Phi) is 4.99. The summed E-state index contributed by atoms with van der Waals surface area (Å²) >= 11 is 0. The van der Waals surface area contributed by atoms with Gasteiger partial charge in [0.1, 0.15) is 17.2 Å². The molecule has 3 rings (SSSR count). The highest BCUT2D eigenvalue weighted by Crippen LogP contribution is 2.24. The fraction of sp³-hybridized carbons (Fsp3) is 0.368. The number of aromatic nitrogens is 1. The number of carbonyl (C=O) groups is 1. The van der Waals surface area contributed by atoms with Crippen LogP contribution in [0.3, 0.4) is 0 Å². The van der Waals surface area contributed by atoms with Crippen LogP contribution in [0.25, 0.3) is 0 Å². The molecule has 0 amide bonds. The van der Waals surface area contributed by atoms with Crippen molar-refractivity contribution in [3.63, 3.8) is 0 Å². The Labute approximate surface area is 146 Å². The van der Waals surface area contributed by atoms with Gasteiger partial charge in [0.2, 0.25) is 0 Å². The number of benzene rings is 1. The summed E-state index contributed by atoms with van der Waals surface area (Å²) in [6.07, 6.45) is 1.50. The van der Waals surface area contributed by atoms with Gasteiger partial charge in [0.15, 0.2) is 0 Å². The van der Waals surface area contributed by atoms with Gasteiger partial charge in [-0.3, -0.25) is 4.90 Å². The van der Waals surface area contributed by atoms with E-state index in [2.05, 4.69) is 9.88 Å². The molecule has 0 aliphatic carbocycles. The number of hydrogen-bond acceptors (Lipinski definition) is 4. The van der Waals surface area contributed by atoms with Gasteiger partial charge >= 0.3 is 5.97 Å². The van der Waals surface area contributed by atoms with Crippen molar-refractivity contribution in [3.8, 4) is 0 Å². The monoisotopic (exact) mass is 343 g/mol. The third kappa shape index (κ3) is 3.96. The van der Waals surface area contributed by atoms with Crippen LogP contribution in [0.2, 0.25) is 0 Å². The number of anilines is 1. The fourth-order valence-corrected chi connectivity index (χ4v) is 3.22. The maximum Gasteiger partial charge on any atom is 0.339 e. The number of nitrogens with zero attached hydrogens (tertiary/aromatic N) is 3. The first-order valence-corrected chi connectivity index (χ1v) is 8.34. The second kappa shape index (κ2) is 7.19. The van der Waals surface area contributed by atoms with Crippen molar-refractivity contribution in [1.29, 1.82) is 0 Å². The van der Waals surface area contributed by atoms with E-state index in [0.29, 0.717) is 12.4 Å². The Morgan fingerprint density at radius 3 is 2.72 bits per heavy atom. The Morgan fingerprint density at radius 2 is 2.04 bits per heavy atom. The summed E-state index contributed by atoms with van der Waals surface area (Å²) in [4.78, 5) is 20.1. The number of fused-ring (bicyclic) bond motifs is 1. The van der Waals surface area contributed by atoms with Crippen LogP contribution in [-0.2, 0) is 19.4 Å². The molecule has 0 bridgehead atoms. The van der Waals surface area contributed by atoms with Crippen molar-refractivity contribution in [3.05, 3.63) is 58.5 Å². The van der Waals surface area contributed by atoms with Gasteiger partial charge in [-0.15, -0.1) is 0 Å². The van der Waals surface area contributed by atoms with Crippen LogP contribution in [0.5, 0.6) is 0 Å². The highest BCUT2D eigenvalue weighted by Gasteiger charge is 2.21. The molecule has 1 aromatic carbocycles. The number of hydrogen-bond donors (Lipinski definition) is 1. The van der Waals surface area contributed by atoms with Gasteiger partial charge in [-0.05, 0) is 35.7 Å². The molecule has 1 aliphatic rings. The lowest BCUT2D eigenvalue weighted by Crippen LogP contribution is -2.26. The molecule has 132 valence electrons. The number of pyridine rings is 1. The molecule has 1 N–H and O–H groups in total. The summed E-state index contributed by atoms with van der Waals surface area (Å²) in [5.41, 5.74) is 3.13. The van der Waals surface area contributed by atoms with E-state index in [4.69, 9.17) is 0 Å². The van der Waals surface area contributed by atoms with Crippen LogP contribution in [0.4, 0.5) is 10.2 Å². The lowest BCUT2D eigenvalue weighted by molar-refractivity contribution is 0.0697. The smallest absolute Gasteiger partial charge is 0.339 e. The number of halogens is 1. The van der Waals surface area contributed by atoms with Gasteiger partial charge in [-0.2, -0.15) is 0 Å². The summed E-state index contributed by atoms with van der Waals surface area (Å²) in [5.74, 6) is -0.691. The Hall–Kier alpha value is -2.47. The molecular weight excluding hydrogens is 321 g/mol. The average molecular weight is 343 g/mol. The maximum absolute atomic E-state index is 13.4. The third-order valence-electron chi connectivity index (χ3n) is 4.48. The molecule has 25 heavy (non-hydrogen) atoms. The average Bonchev–Trinajstić information content (AvgIpc) is 2.76. The van der Waals surface area contributed by atoms with Crippen molar-refractivity contribution in [1.82, 2.24) is 9.88 Å². The van der Waals surface area contributed by atoms with Crippen molar-refractivity contribution in [2.45, 2.75) is 19.4 Å². The summed E-state index contributed by atoms with van der Waals surface area (Å²) in [6.45, 7) is 2.29. The summed E-state index contributed by atoms with van der Waals surface area (Å²) < 4.78 is 13.4. The zero-order chi connectivity index (χ0) is 18.0. The molecule has 0 saturated heterocycles. The maximum atomic E-state index is 13.4. The molecule has 2 heterocycles. The second-order valence-electron chi connectivity index (χ2n) is 6.57. The van der Waals surface area contributed by atoms with Crippen molar-refractivity contribution < 1.29 is 14.3 Å². The molecular formula is C19H22FN3O2. The van der Waals surface area contributed by atoms with E-state index in [9.17, 15) is 14.3 Å². The molecule has 6 heteroatoms. The van der Waals surface area contributed by atoms with E-state index < -0.39 is 5.97 Å². The van der Waals surface area contributed by atoms with E-state index >= 15 is 0 Å². The van der Waals surface area contributed by atoms with Crippen molar-refractivity contribution >= 4 is 11.8 Å². The Morgan fingerprint density at radius 1 is 1.28 bits per heavy atom. The van der Waals surface area contributed by atoms with E-state index in [0.717, 1.165) is 42.8 Å². The lowest BCUT2D eigenvalue weighted by atomic mass is 10.1. The first-order valence-electron chi connectivity index (χ1n) is 8.34. The van der Waals surface area contributed by atoms with E-state index in [1.807, 2.05) is 6.07 Å². The Balaban J connectivity index is 1.80. The van der Waals surface area contributed by atoms with Crippen LogP contribution < -0.4 is 4.90 Å².